The minimum absolute atomic E-state index is 0.0686. The van der Waals surface area contributed by atoms with E-state index in [2.05, 4.69) is 39.7 Å². The summed E-state index contributed by atoms with van der Waals surface area (Å²) in [6.07, 6.45) is 0. The number of aromatic nitrogens is 3. The van der Waals surface area contributed by atoms with Crippen LogP contribution in [0.1, 0.15) is 25.4 Å². The molecule has 0 saturated heterocycles. The van der Waals surface area contributed by atoms with Crippen molar-refractivity contribution in [2.45, 2.75) is 26.9 Å². The summed E-state index contributed by atoms with van der Waals surface area (Å²) >= 11 is 1.13. The molecule has 0 unspecified atom stereocenters. The number of thiazole rings is 1. The van der Waals surface area contributed by atoms with Gasteiger partial charge in [-0.25, -0.2) is 0 Å². The highest BCUT2D eigenvalue weighted by molar-refractivity contribution is 7.07. The molecule has 7 nitrogen and oxygen atoms in total. The number of nitrogens with one attached hydrogen (secondary N) is 3. The topological polar surface area (TPSA) is 95.8 Å². The van der Waals surface area contributed by atoms with Crippen molar-refractivity contribution in [3.63, 3.8) is 0 Å². The van der Waals surface area contributed by atoms with Crippen molar-refractivity contribution in [3.8, 4) is 0 Å². The molecule has 0 saturated carbocycles. The van der Waals surface area contributed by atoms with E-state index in [1.807, 2.05) is 0 Å². The summed E-state index contributed by atoms with van der Waals surface area (Å²) in [5.41, 5.74) is 0.799. The Morgan fingerprint density at radius 3 is 2.95 bits per heavy atom. The Balaban J connectivity index is 1.78. The molecule has 3 N–H and O–H groups in total. The molecule has 2 aromatic heterocycles. The Morgan fingerprint density at radius 1 is 1.42 bits per heavy atom. The van der Waals surface area contributed by atoms with Gasteiger partial charge >= 0.3 is 10.9 Å². The second-order valence-electron chi connectivity index (χ2n) is 4.55. The fourth-order valence-electron chi connectivity index (χ4n) is 1.44. The summed E-state index contributed by atoms with van der Waals surface area (Å²) in [7, 11) is 0. The first-order valence-corrected chi connectivity index (χ1v) is 6.95. The van der Waals surface area contributed by atoms with Crippen LogP contribution >= 0.6 is 11.3 Å². The molecular weight excluding hydrogens is 266 g/mol. The molecule has 0 fully saturated rings. The van der Waals surface area contributed by atoms with Crippen LogP contribution in [-0.2, 0) is 13.1 Å². The van der Waals surface area contributed by atoms with Crippen LogP contribution in [-0.4, -0.2) is 21.7 Å². The van der Waals surface area contributed by atoms with Crippen LogP contribution in [0.5, 0.6) is 0 Å². The van der Waals surface area contributed by atoms with Gasteiger partial charge in [-0.3, -0.25) is 4.79 Å². The molecule has 2 aromatic rings. The maximum atomic E-state index is 11.0. The summed E-state index contributed by atoms with van der Waals surface area (Å²) in [4.78, 5) is 13.6. The Labute approximate surface area is 114 Å². The second kappa shape index (κ2) is 6.48. The quantitative estimate of drug-likeness (QED) is 0.706. The molecule has 0 amide bonds. The van der Waals surface area contributed by atoms with Gasteiger partial charge in [0.05, 0.1) is 13.1 Å². The van der Waals surface area contributed by atoms with Crippen molar-refractivity contribution >= 4 is 17.4 Å². The molecule has 8 heteroatoms. The monoisotopic (exact) mass is 283 g/mol. The Morgan fingerprint density at radius 2 is 2.26 bits per heavy atom. The summed E-state index contributed by atoms with van der Waals surface area (Å²) in [6.45, 7) is 6.19. The largest absolute Gasteiger partial charge is 0.407 e. The fraction of sp³-hybridized carbons (Fsp3) is 0.545. The number of hydrogen-bond acceptors (Lipinski definition) is 7. The molecule has 2 heterocycles. The smallest absolute Gasteiger partial charge is 0.315 e. The van der Waals surface area contributed by atoms with Gasteiger partial charge in [0.2, 0.25) is 5.89 Å². The maximum Gasteiger partial charge on any atom is 0.315 e. The number of anilines is 1. The minimum atomic E-state index is -0.0686. The SMILES string of the molecule is CC(C)CNCc1nnc(NCc2csc(=O)[nH]2)o1. The standard InChI is InChI=1S/C11H17N5O2S/c1-7(2)3-12-5-9-15-16-10(18-9)13-4-8-6-19-11(17)14-8/h6-7,12H,3-5H2,1-2H3,(H,13,16)(H,14,17). The molecule has 0 bridgehead atoms. The number of nitrogens with zero attached hydrogens (tertiary/aromatic N) is 2. The molecular formula is C11H17N5O2S. The van der Waals surface area contributed by atoms with Crippen molar-refractivity contribution in [2.75, 3.05) is 11.9 Å². The fourth-order valence-corrected chi connectivity index (χ4v) is 2.02. The Bertz CT molecular complexity index is 559. The highest BCUT2D eigenvalue weighted by Gasteiger charge is 2.06. The normalized spacial score (nSPS) is 11.1. The van der Waals surface area contributed by atoms with Crippen LogP contribution in [0.4, 0.5) is 6.01 Å². The van der Waals surface area contributed by atoms with Gasteiger partial charge in [-0.2, -0.15) is 0 Å². The summed E-state index contributed by atoms with van der Waals surface area (Å²) < 4.78 is 5.41. The van der Waals surface area contributed by atoms with E-state index in [-0.39, 0.29) is 4.87 Å². The average molecular weight is 283 g/mol. The molecule has 0 aliphatic carbocycles. The van der Waals surface area contributed by atoms with Crippen molar-refractivity contribution < 1.29 is 4.42 Å². The highest BCUT2D eigenvalue weighted by Crippen LogP contribution is 2.07. The second-order valence-corrected chi connectivity index (χ2v) is 5.39. The van der Waals surface area contributed by atoms with E-state index in [4.69, 9.17) is 4.42 Å². The van der Waals surface area contributed by atoms with Gasteiger partial charge in [0.15, 0.2) is 0 Å². The van der Waals surface area contributed by atoms with Crippen molar-refractivity contribution in [1.29, 1.82) is 0 Å². The van der Waals surface area contributed by atoms with E-state index in [9.17, 15) is 4.79 Å². The maximum absolute atomic E-state index is 11.0. The van der Waals surface area contributed by atoms with Crippen LogP contribution in [0.15, 0.2) is 14.6 Å². The van der Waals surface area contributed by atoms with Crippen LogP contribution in [0, 0.1) is 5.92 Å². The minimum Gasteiger partial charge on any atom is -0.407 e. The lowest BCUT2D eigenvalue weighted by Crippen LogP contribution is -2.19. The van der Waals surface area contributed by atoms with Crippen molar-refractivity contribution in [1.82, 2.24) is 20.5 Å². The molecule has 0 spiro atoms. The van der Waals surface area contributed by atoms with Gasteiger partial charge < -0.3 is 20.0 Å². The van der Waals surface area contributed by atoms with E-state index >= 15 is 0 Å². The Hall–Kier alpha value is -1.67. The highest BCUT2D eigenvalue weighted by atomic mass is 32.1. The van der Waals surface area contributed by atoms with Gasteiger partial charge in [0.25, 0.3) is 0 Å². The molecule has 0 atom stereocenters. The predicted molar refractivity (Wildman–Crippen MR) is 73.1 cm³/mol. The van der Waals surface area contributed by atoms with Crippen LogP contribution in [0.3, 0.4) is 0 Å². The molecule has 0 radical (unpaired) electrons. The average Bonchev–Trinajstić information content (AvgIpc) is 2.95. The van der Waals surface area contributed by atoms with Gasteiger partial charge in [-0.05, 0) is 12.5 Å². The van der Waals surface area contributed by atoms with Gasteiger partial charge in [0.1, 0.15) is 0 Å². The van der Waals surface area contributed by atoms with E-state index in [0.717, 1.165) is 23.6 Å². The third kappa shape index (κ3) is 4.49. The van der Waals surface area contributed by atoms with Gasteiger partial charge in [-0.1, -0.05) is 30.3 Å². The van der Waals surface area contributed by atoms with Crippen molar-refractivity contribution in [3.05, 3.63) is 26.6 Å². The first-order valence-electron chi connectivity index (χ1n) is 6.07. The number of aromatic amines is 1. The zero-order chi connectivity index (χ0) is 13.7. The van der Waals surface area contributed by atoms with E-state index in [1.165, 1.54) is 0 Å². The molecule has 2 rings (SSSR count). The lowest BCUT2D eigenvalue weighted by atomic mass is 10.2. The zero-order valence-electron chi connectivity index (χ0n) is 10.9. The molecule has 0 aromatic carbocycles. The third-order valence-corrected chi connectivity index (χ3v) is 3.02. The van der Waals surface area contributed by atoms with Gasteiger partial charge in [0, 0.05) is 11.1 Å². The Kier molecular flexibility index (Phi) is 4.69. The number of H-pyrrole nitrogens is 1. The van der Waals surface area contributed by atoms with Gasteiger partial charge in [-0.15, -0.1) is 5.10 Å². The van der Waals surface area contributed by atoms with Crippen LogP contribution < -0.4 is 15.5 Å². The summed E-state index contributed by atoms with van der Waals surface area (Å²) in [5, 5.41) is 15.7. The van der Waals surface area contributed by atoms with Crippen LogP contribution in [0.25, 0.3) is 0 Å². The molecule has 19 heavy (non-hydrogen) atoms. The zero-order valence-corrected chi connectivity index (χ0v) is 11.7. The van der Waals surface area contributed by atoms with Crippen LogP contribution in [0.2, 0.25) is 0 Å². The van der Waals surface area contributed by atoms with E-state index in [1.54, 1.807) is 5.38 Å². The first-order chi connectivity index (χ1) is 9.13. The molecule has 104 valence electrons. The van der Waals surface area contributed by atoms with E-state index in [0.29, 0.717) is 30.9 Å². The predicted octanol–water partition coefficient (Wildman–Crippen LogP) is 1.18. The third-order valence-electron chi connectivity index (χ3n) is 2.30. The van der Waals surface area contributed by atoms with Crippen molar-refractivity contribution in [2.24, 2.45) is 5.92 Å². The summed E-state index contributed by atoms with van der Waals surface area (Å²) in [6, 6.07) is 0.355. The van der Waals surface area contributed by atoms with E-state index < -0.39 is 0 Å². The molecule has 0 aliphatic rings. The lowest BCUT2D eigenvalue weighted by Gasteiger charge is -2.03. The number of rotatable bonds is 7. The first kappa shape index (κ1) is 13.8. The number of hydrogen-bond donors (Lipinski definition) is 3. The molecule has 0 aliphatic heterocycles. The lowest BCUT2D eigenvalue weighted by molar-refractivity contribution is 0.458. The summed E-state index contributed by atoms with van der Waals surface area (Å²) in [5.74, 6) is 1.12.